The van der Waals surface area contributed by atoms with Gasteiger partial charge in [-0.15, -0.1) is 0 Å². The van der Waals surface area contributed by atoms with Crippen LogP contribution in [-0.4, -0.2) is 0 Å². The maximum absolute atomic E-state index is 7.77. The first-order valence-corrected chi connectivity index (χ1v) is 29.2. The summed E-state index contributed by atoms with van der Waals surface area (Å²) in [6, 6.07) is 62.3. The Kier molecular flexibility index (Phi) is 14.8. The van der Waals surface area contributed by atoms with Crippen LogP contribution >= 0.6 is 17.2 Å². The summed E-state index contributed by atoms with van der Waals surface area (Å²) in [5.41, 5.74) is 6.86. The predicted molar refractivity (Wildman–Crippen MR) is 330 cm³/mol. The molecule has 0 aliphatic rings. The average Bonchev–Trinajstić information content (AvgIpc) is 3.57. The summed E-state index contributed by atoms with van der Waals surface area (Å²) < 4.78 is 44.4. The van der Waals surface area contributed by atoms with E-state index in [9.17, 15) is 0 Å². The molecule has 0 heterocycles. The van der Waals surface area contributed by atoms with Gasteiger partial charge in [-0.05, 0) is 104 Å². The summed E-state index contributed by atoms with van der Waals surface area (Å²) >= 11 is 0. The third-order valence-corrected chi connectivity index (χ3v) is 16.6. The van der Waals surface area contributed by atoms with Crippen molar-refractivity contribution in [2.75, 3.05) is 0 Å². The summed E-state index contributed by atoms with van der Waals surface area (Å²) in [5.74, 6) is 3.96. The fraction of sp³-hybridized carbons (Fsp3) is 0.257. The van der Waals surface area contributed by atoms with Gasteiger partial charge in [0.05, 0.1) is 0 Å². The Morgan fingerprint density at radius 1 is 0.269 bits per heavy atom. The van der Waals surface area contributed by atoms with Gasteiger partial charge in [0.1, 0.15) is 34.5 Å². The number of hydrogen-bond acceptors (Lipinski definition) is 6. The van der Waals surface area contributed by atoms with Crippen molar-refractivity contribution in [3.8, 4) is 45.6 Å². The molecule has 8 heteroatoms. The van der Waals surface area contributed by atoms with Crippen LogP contribution in [-0.2, 0) is 21.7 Å². The molecular formula is C70H72O6P2. The highest BCUT2D eigenvalue weighted by Crippen LogP contribution is 2.59. The van der Waals surface area contributed by atoms with Gasteiger partial charge in [0, 0.05) is 43.8 Å². The van der Waals surface area contributed by atoms with Crippen molar-refractivity contribution >= 4 is 60.3 Å². The van der Waals surface area contributed by atoms with Crippen molar-refractivity contribution in [1.29, 1.82) is 0 Å². The van der Waals surface area contributed by atoms with E-state index in [1.165, 1.54) is 11.1 Å². The molecule has 0 bridgehead atoms. The van der Waals surface area contributed by atoms with Crippen molar-refractivity contribution in [3.63, 3.8) is 0 Å². The van der Waals surface area contributed by atoms with Crippen LogP contribution in [0.2, 0.25) is 0 Å². The molecule has 0 fully saturated rings. The third-order valence-electron chi connectivity index (χ3n) is 14.6. The quantitative estimate of drug-likeness (QED) is 0.107. The van der Waals surface area contributed by atoms with Gasteiger partial charge in [-0.2, -0.15) is 0 Å². The molecule has 0 saturated heterocycles. The largest absolute Gasteiger partial charge is 0.530 e. The summed E-state index contributed by atoms with van der Waals surface area (Å²) in [6.45, 7) is 31.7. The van der Waals surface area contributed by atoms with Crippen LogP contribution in [0.25, 0.3) is 54.2 Å². The molecule has 10 aromatic rings. The molecule has 0 aliphatic carbocycles. The zero-order valence-electron chi connectivity index (χ0n) is 47.7. The minimum absolute atomic E-state index is 0.286. The van der Waals surface area contributed by atoms with Crippen LogP contribution in [0.5, 0.6) is 34.5 Å². The second kappa shape index (κ2) is 21.3. The standard InChI is InChI=1S/C70H72O6P2/c1-45-55(67(3,4)5)43-57(69(9,10)11)65(75-77(71-59-39-23-31-47-27-15-19-35-51(47)59)72-60-40-24-32-48-28-16-20-36-52(48)60)63(45)64-46(2)56(68(6,7)8)44-58(70(12,13)14)66(64)76-78(73-61-41-25-33-49-29-17-21-37-53(49)61)74-62-42-26-34-50-30-18-22-38-54(50)62/h15-44H,1-14H3. The summed E-state index contributed by atoms with van der Waals surface area (Å²) in [7, 11) is -4.48. The molecule has 0 aliphatic heterocycles. The van der Waals surface area contributed by atoms with Crippen LogP contribution in [0.3, 0.4) is 0 Å². The van der Waals surface area contributed by atoms with Crippen molar-refractivity contribution in [3.05, 3.63) is 215 Å². The van der Waals surface area contributed by atoms with Crippen LogP contribution in [0.15, 0.2) is 182 Å². The lowest BCUT2D eigenvalue weighted by atomic mass is 9.72. The third kappa shape index (κ3) is 11.1. The molecule has 0 saturated carbocycles. The van der Waals surface area contributed by atoms with Gasteiger partial charge in [0.25, 0.3) is 0 Å². The summed E-state index contributed by atoms with van der Waals surface area (Å²) in [6.07, 6.45) is 0. The second-order valence-corrected chi connectivity index (χ2v) is 26.5. The molecule has 0 N–H and O–H groups in total. The molecule has 398 valence electrons. The molecule has 78 heavy (non-hydrogen) atoms. The van der Waals surface area contributed by atoms with Gasteiger partial charge in [0.15, 0.2) is 0 Å². The van der Waals surface area contributed by atoms with E-state index in [1.54, 1.807) is 0 Å². The lowest BCUT2D eigenvalue weighted by Gasteiger charge is -2.36. The first-order chi connectivity index (χ1) is 37.0. The number of benzene rings is 10. The molecule has 0 aromatic heterocycles. The molecular weight excluding hydrogens is 999 g/mol. The maximum atomic E-state index is 7.77. The predicted octanol–water partition coefficient (Wildman–Crippen LogP) is 21.3. The highest BCUT2D eigenvalue weighted by Gasteiger charge is 2.39. The monoisotopic (exact) mass is 1070 g/mol. The smallest absolute Gasteiger partial charge is 0.408 e. The topological polar surface area (TPSA) is 55.4 Å². The van der Waals surface area contributed by atoms with Gasteiger partial charge in [-0.3, -0.25) is 0 Å². The second-order valence-electron chi connectivity index (χ2n) is 24.5. The van der Waals surface area contributed by atoms with E-state index < -0.39 is 28.0 Å². The normalized spacial score (nSPS) is 12.5. The number of hydrogen-bond donors (Lipinski definition) is 0. The minimum Gasteiger partial charge on any atom is -0.408 e. The van der Waals surface area contributed by atoms with E-state index in [0.29, 0.717) is 34.5 Å². The lowest BCUT2D eigenvalue weighted by Crippen LogP contribution is -2.22. The zero-order valence-corrected chi connectivity index (χ0v) is 49.5. The van der Waals surface area contributed by atoms with E-state index in [0.717, 1.165) is 76.5 Å². The van der Waals surface area contributed by atoms with Crippen molar-refractivity contribution in [2.24, 2.45) is 0 Å². The van der Waals surface area contributed by atoms with E-state index >= 15 is 0 Å². The van der Waals surface area contributed by atoms with Gasteiger partial charge in [0.2, 0.25) is 0 Å². The molecule has 0 atom stereocenters. The summed E-state index contributed by atoms with van der Waals surface area (Å²) in [4.78, 5) is 0. The Morgan fingerprint density at radius 2 is 0.500 bits per heavy atom. The van der Waals surface area contributed by atoms with E-state index in [1.807, 2.05) is 97.1 Å². The molecule has 0 spiro atoms. The van der Waals surface area contributed by atoms with Crippen LogP contribution in [0.1, 0.15) is 116 Å². The Labute approximate surface area is 464 Å². The number of rotatable bonds is 13. The Hall–Kier alpha value is -7.10. The van der Waals surface area contributed by atoms with E-state index in [4.69, 9.17) is 27.1 Å². The fourth-order valence-electron chi connectivity index (χ4n) is 10.7. The average molecular weight is 1070 g/mol. The fourth-order valence-corrected chi connectivity index (χ4v) is 12.8. The van der Waals surface area contributed by atoms with Crippen molar-refractivity contribution < 1.29 is 27.1 Å². The van der Waals surface area contributed by atoms with Crippen LogP contribution in [0.4, 0.5) is 0 Å². The highest BCUT2D eigenvalue weighted by atomic mass is 31.2. The van der Waals surface area contributed by atoms with E-state index in [2.05, 4.69) is 182 Å². The van der Waals surface area contributed by atoms with Gasteiger partial charge >= 0.3 is 17.2 Å². The molecule has 0 amide bonds. The molecule has 10 aromatic carbocycles. The number of fused-ring (bicyclic) bond motifs is 4. The highest BCUT2D eigenvalue weighted by molar-refractivity contribution is 7.43. The molecule has 10 rings (SSSR count). The van der Waals surface area contributed by atoms with Crippen LogP contribution < -0.4 is 27.1 Å². The van der Waals surface area contributed by atoms with Gasteiger partial charge < -0.3 is 27.1 Å². The van der Waals surface area contributed by atoms with Crippen molar-refractivity contribution in [2.45, 2.75) is 119 Å². The minimum atomic E-state index is -2.24. The molecule has 0 radical (unpaired) electrons. The van der Waals surface area contributed by atoms with Crippen LogP contribution in [0, 0.1) is 13.8 Å². The first-order valence-electron chi connectivity index (χ1n) is 27.0. The maximum Gasteiger partial charge on any atom is 0.530 e. The Balaban J connectivity index is 1.27. The van der Waals surface area contributed by atoms with Gasteiger partial charge in [-0.25, -0.2) is 0 Å². The summed E-state index contributed by atoms with van der Waals surface area (Å²) in [5, 5.41) is 8.03. The van der Waals surface area contributed by atoms with E-state index in [-0.39, 0.29) is 10.8 Å². The molecule has 0 unspecified atom stereocenters. The first kappa shape index (κ1) is 54.3. The lowest BCUT2D eigenvalue weighted by molar-refractivity contribution is 0.382. The molecule has 6 nitrogen and oxygen atoms in total. The Morgan fingerprint density at radius 3 is 0.744 bits per heavy atom. The zero-order chi connectivity index (χ0) is 55.3. The van der Waals surface area contributed by atoms with Gasteiger partial charge in [-0.1, -0.05) is 241 Å². The SMILES string of the molecule is Cc1c(C(C)(C)C)cc(C(C)(C)C)c(OP(Oc2cccc3ccccc23)Oc2cccc3ccccc23)c1-c1c(C)c(C(C)(C)C)cc(C(C)(C)C)c1OP(Oc1cccc2ccccc12)Oc1cccc2ccccc12. The van der Waals surface area contributed by atoms with Crippen molar-refractivity contribution in [1.82, 2.24) is 0 Å². The Bertz CT molecular complexity index is 3420.